The van der Waals surface area contributed by atoms with Gasteiger partial charge < -0.3 is 20.4 Å². The molecule has 8 nitrogen and oxygen atoms in total. The molecule has 1 saturated heterocycles. The Kier molecular flexibility index (Phi) is 7.45. The molecule has 2 aromatic carbocycles. The quantitative estimate of drug-likeness (QED) is 0.464. The molecule has 3 N–H and O–H groups in total. The van der Waals surface area contributed by atoms with Crippen molar-refractivity contribution < 1.29 is 23.4 Å². The van der Waals surface area contributed by atoms with E-state index < -0.39 is 16.0 Å². The number of sulfonamides is 1. The Morgan fingerprint density at radius 2 is 1.79 bits per heavy atom. The first-order valence-corrected chi connectivity index (χ1v) is 13.3. The number of rotatable bonds is 9. The molecule has 0 atom stereocenters. The molecule has 2 heterocycles. The van der Waals surface area contributed by atoms with Gasteiger partial charge in [0.1, 0.15) is 10.6 Å². The molecule has 4 rings (SSSR count). The van der Waals surface area contributed by atoms with Gasteiger partial charge in [0, 0.05) is 44.3 Å². The Labute approximate surface area is 201 Å². The molecule has 2 aromatic rings. The third-order valence-corrected chi connectivity index (χ3v) is 8.54. The minimum absolute atomic E-state index is 0.0565. The summed E-state index contributed by atoms with van der Waals surface area (Å²) in [6.07, 6.45) is 3.90. The van der Waals surface area contributed by atoms with Crippen LogP contribution in [-0.2, 0) is 27.9 Å². The first-order valence-electron chi connectivity index (χ1n) is 11.8. The summed E-state index contributed by atoms with van der Waals surface area (Å²) in [6.45, 7) is 5.31. The predicted octanol–water partition coefficient (Wildman–Crippen LogP) is 3.54. The number of likely N-dealkylation sites (tertiary alicyclic amines) is 1. The van der Waals surface area contributed by atoms with Gasteiger partial charge in [-0.15, -0.1) is 0 Å². The second-order valence-corrected chi connectivity index (χ2v) is 11.2. The zero-order chi connectivity index (χ0) is 24.3. The molecule has 0 saturated carbocycles. The van der Waals surface area contributed by atoms with E-state index >= 15 is 0 Å². The summed E-state index contributed by atoms with van der Waals surface area (Å²) >= 11 is 0. The fourth-order valence-corrected chi connectivity index (χ4v) is 6.22. The lowest BCUT2D eigenvalue weighted by Crippen LogP contribution is -2.39. The van der Waals surface area contributed by atoms with E-state index in [1.807, 2.05) is 25.1 Å². The fraction of sp³-hybridized carbons (Fsp3) is 0.480. The number of nitrogens with one attached hydrogen (secondary N) is 1. The van der Waals surface area contributed by atoms with Gasteiger partial charge in [-0.3, -0.25) is 4.79 Å². The second kappa shape index (κ2) is 10.3. The summed E-state index contributed by atoms with van der Waals surface area (Å²) in [6, 6.07) is 11.0. The van der Waals surface area contributed by atoms with Crippen LogP contribution in [-0.4, -0.2) is 59.5 Å². The maximum Gasteiger partial charge on any atom is 0.303 e. The normalized spacial score (nSPS) is 17.6. The number of carbonyl (C=O) groups is 1. The Morgan fingerprint density at radius 1 is 1.06 bits per heavy atom. The SMILES string of the molecule is Cc1ccc(S(=O)(=O)N2Cc3ccc(NC4CCN(CCCCC(=O)O)CC4)cc3C2)c(O)c1. The lowest BCUT2D eigenvalue weighted by atomic mass is 10.0. The topological polar surface area (TPSA) is 110 Å². The molecule has 1 fully saturated rings. The molecule has 0 spiro atoms. The van der Waals surface area contributed by atoms with Crippen LogP contribution in [0.2, 0.25) is 0 Å². The smallest absolute Gasteiger partial charge is 0.303 e. The maximum atomic E-state index is 13.1. The van der Waals surface area contributed by atoms with Crippen molar-refractivity contribution in [3.8, 4) is 5.75 Å². The summed E-state index contributed by atoms with van der Waals surface area (Å²) < 4.78 is 27.6. The highest BCUT2D eigenvalue weighted by atomic mass is 32.2. The summed E-state index contributed by atoms with van der Waals surface area (Å²) in [5.41, 5.74) is 3.77. The van der Waals surface area contributed by atoms with E-state index in [4.69, 9.17) is 5.11 Å². The molecular weight excluding hydrogens is 454 g/mol. The number of hydrogen-bond donors (Lipinski definition) is 3. The lowest BCUT2D eigenvalue weighted by molar-refractivity contribution is -0.137. The van der Waals surface area contributed by atoms with Crippen LogP contribution in [0.1, 0.15) is 48.8 Å². The Hall–Kier alpha value is -2.62. The van der Waals surface area contributed by atoms with Crippen molar-refractivity contribution in [1.82, 2.24) is 9.21 Å². The van der Waals surface area contributed by atoms with E-state index in [2.05, 4.69) is 10.2 Å². The first kappa shape index (κ1) is 24.5. The number of benzene rings is 2. The summed E-state index contributed by atoms with van der Waals surface area (Å²) in [4.78, 5) is 13.0. The van der Waals surface area contributed by atoms with E-state index in [0.717, 1.165) is 67.7 Å². The third-order valence-electron chi connectivity index (χ3n) is 6.71. The van der Waals surface area contributed by atoms with Gasteiger partial charge in [0.05, 0.1) is 0 Å². The van der Waals surface area contributed by atoms with Gasteiger partial charge in [0.15, 0.2) is 0 Å². The minimum atomic E-state index is -3.79. The number of carboxylic acids is 1. The van der Waals surface area contributed by atoms with Crippen LogP contribution < -0.4 is 5.32 Å². The number of aliphatic carboxylic acids is 1. The summed E-state index contributed by atoms with van der Waals surface area (Å²) in [5, 5.41) is 22.5. The Morgan fingerprint density at radius 3 is 2.50 bits per heavy atom. The molecule has 0 aromatic heterocycles. The number of fused-ring (bicyclic) bond motifs is 1. The predicted molar refractivity (Wildman–Crippen MR) is 130 cm³/mol. The van der Waals surface area contributed by atoms with Crippen LogP contribution in [0.25, 0.3) is 0 Å². The number of nitrogens with zero attached hydrogens (tertiary/aromatic N) is 2. The average Bonchev–Trinajstić information content (AvgIpc) is 3.22. The van der Waals surface area contributed by atoms with Gasteiger partial charge in [0.25, 0.3) is 0 Å². The van der Waals surface area contributed by atoms with Crippen LogP contribution >= 0.6 is 0 Å². The van der Waals surface area contributed by atoms with Gasteiger partial charge in [-0.1, -0.05) is 12.1 Å². The number of aromatic hydroxyl groups is 1. The van der Waals surface area contributed by atoms with Crippen molar-refractivity contribution in [3.63, 3.8) is 0 Å². The molecule has 2 aliphatic heterocycles. The van der Waals surface area contributed by atoms with E-state index in [1.54, 1.807) is 6.07 Å². The summed E-state index contributed by atoms with van der Waals surface area (Å²) in [7, 11) is -3.79. The molecular formula is C25H33N3O5S. The van der Waals surface area contributed by atoms with Crippen LogP contribution in [0.5, 0.6) is 5.75 Å². The second-order valence-electron chi connectivity index (χ2n) is 9.34. The largest absolute Gasteiger partial charge is 0.507 e. The van der Waals surface area contributed by atoms with E-state index in [9.17, 15) is 18.3 Å². The van der Waals surface area contributed by atoms with Gasteiger partial charge in [-0.05, 0) is 80.1 Å². The fourth-order valence-electron chi connectivity index (χ4n) is 4.76. The van der Waals surface area contributed by atoms with Crippen LogP contribution in [0.4, 0.5) is 5.69 Å². The van der Waals surface area contributed by atoms with Gasteiger partial charge in [0.2, 0.25) is 10.0 Å². The van der Waals surface area contributed by atoms with E-state index in [1.165, 1.54) is 16.4 Å². The van der Waals surface area contributed by atoms with Crippen molar-refractivity contribution in [2.75, 3.05) is 25.0 Å². The minimum Gasteiger partial charge on any atom is -0.507 e. The number of aryl methyl sites for hydroxylation is 1. The average molecular weight is 488 g/mol. The van der Waals surface area contributed by atoms with Crippen molar-refractivity contribution in [2.45, 2.75) is 63.1 Å². The highest BCUT2D eigenvalue weighted by Crippen LogP contribution is 2.34. The Balaban J connectivity index is 1.31. The van der Waals surface area contributed by atoms with E-state index in [0.29, 0.717) is 12.6 Å². The highest BCUT2D eigenvalue weighted by molar-refractivity contribution is 7.89. The van der Waals surface area contributed by atoms with Crippen molar-refractivity contribution >= 4 is 21.7 Å². The number of hydrogen-bond acceptors (Lipinski definition) is 6. The van der Waals surface area contributed by atoms with Crippen LogP contribution in [0.3, 0.4) is 0 Å². The molecule has 2 aliphatic rings. The number of phenols is 1. The van der Waals surface area contributed by atoms with Crippen molar-refractivity contribution in [2.24, 2.45) is 0 Å². The summed E-state index contributed by atoms with van der Waals surface area (Å²) in [5.74, 6) is -0.946. The molecule has 9 heteroatoms. The van der Waals surface area contributed by atoms with Crippen molar-refractivity contribution in [1.29, 1.82) is 0 Å². The Bertz CT molecular complexity index is 1140. The number of piperidine rings is 1. The molecule has 0 aliphatic carbocycles. The molecule has 0 amide bonds. The standard InChI is InChI=1S/C25H33N3O5S/c1-18-5-8-24(23(29)14-18)34(32,33)28-16-19-6-7-22(15-20(19)17-28)26-21-9-12-27(13-10-21)11-3-2-4-25(30)31/h5-8,14-15,21,26,29H,2-4,9-13,16-17H2,1H3,(H,30,31). The van der Waals surface area contributed by atoms with Crippen LogP contribution in [0, 0.1) is 6.92 Å². The molecule has 0 unspecified atom stereocenters. The van der Waals surface area contributed by atoms with Gasteiger partial charge >= 0.3 is 5.97 Å². The lowest BCUT2D eigenvalue weighted by Gasteiger charge is -2.33. The maximum absolute atomic E-state index is 13.1. The first-order chi connectivity index (χ1) is 16.2. The molecule has 0 bridgehead atoms. The number of phenolic OH excluding ortho intramolecular Hbond substituents is 1. The third kappa shape index (κ3) is 5.71. The van der Waals surface area contributed by atoms with Gasteiger partial charge in [-0.2, -0.15) is 4.31 Å². The highest BCUT2D eigenvalue weighted by Gasteiger charge is 2.32. The monoisotopic (exact) mass is 487 g/mol. The molecule has 0 radical (unpaired) electrons. The van der Waals surface area contributed by atoms with E-state index in [-0.39, 0.29) is 23.6 Å². The molecule has 184 valence electrons. The zero-order valence-electron chi connectivity index (χ0n) is 19.5. The van der Waals surface area contributed by atoms with Gasteiger partial charge in [-0.25, -0.2) is 8.42 Å². The number of anilines is 1. The number of unbranched alkanes of at least 4 members (excludes halogenated alkanes) is 1. The van der Waals surface area contributed by atoms with Crippen molar-refractivity contribution in [3.05, 3.63) is 53.1 Å². The van der Waals surface area contributed by atoms with Crippen LogP contribution in [0.15, 0.2) is 41.3 Å². The number of carboxylic acid groups (broad SMARTS) is 1. The zero-order valence-corrected chi connectivity index (χ0v) is 20.4. The molecule has 34 heavy (non-hydrogen) atoms.